The molecule has 1 aromatic carbocycles. The van der Waals surface area contributed by atoms with Crippen LogP contribution in [0.25, 0.3) is 0 Å². The molecule has 0 amide bonds. The summed E-state index contributed by atoms with van der Waals surface area (Å²) >= 11 is 0. The molecule has 0 saturated carbocycles. The van der Waals surface area contributed by atoms with Gasteiger partial charge in [-0.3, -0.25) is 0 Å². The molecular weight excluding hydrogens is 324 g/mol. The third kappa shape index (κ3) is 5.38. The summed E-state index contributed by atoms with van der Waals surface area (Å²) in [6, 6.07) is 10.5. The van der Waals surface area contributed by atoms with E-state index >= 15 is 0 Å². The van der Waals surface area contributed by atoms with Gasteiger partial charge in [-0.25, -0.2) is 0 Å². The van der Waals surface area contributed by atoms with Crippen LogP contribution in [0.15, 0.2) is 53.5 Å². The second kappa shape index (κ2) is 9.82. The third-order valence-corrected chi connectivity index (χ3v) is 5.61. The van der Waals surface area contributed by atoms with Crippen molar-refractivity contribution < 1.29 is 14.6 Å². The fourth-order valence-electron chi connectivity index (χ4n) is 3.99. The summed E-state index contributed by atoms with van der Waals surface area (Å²) in [4.78, 5) is 0. The average Bonchev–Trinajstić information content (AvgIpc) is 2.69. The summed E-state index contributed by atoms with van der Waals surface area (Å²) in [7, 11) is 0. The number of aliphatic hydroxyl groups is 1. The Kier molecular flexibility index (Phi) is 7.19. The van der Waals surface area contributed by atoms with Crippen LogP contribution in [0.5, 0.6) is 0 Å². The van der Waals surface area contributed by atoms with Crippen LogP contribution in [0.4, 0.5) is 0 Å². The predicted octanol–water partition coefficient (Wildman–Crippen LogP) is 5.58. The predicted molar refractivity (Wildman–Crippen MR) is 105 cm³/mol. The molecule has 26 heavy (non-hydrogen) atoms. The number of benzene rings is 1. The Morgan fingerprint density at radius 3 is 2.73 bits per heavy atom. The molecule has 2 aliphatic heterocycles. The first-order chi connectivity index (χ1) is 12.8. The zero-order chi connectivity index (χ0) is 18.2. The molecule has 2 atom stereocenters. The standard InChI is InChI=1S/C23H32O3/c1-2-20(14-19-11-7-13-25-16-19)23-15-22(24)21(17-26-23)12-6-10-18-8-4-3-5-9-18/h3-5,8-9,15,19-20,24H,2,6-7,10-14,16-17H2,1H3. The molecule has 2 unspecified atom stereocenters. The van der Waals surface area contributed by atoms with E-state index < -0.39 is 0 Å². The molecule has 3 nitrogen and oxygen atoms in total. The molecular formula is C23H32O3. The minimum Gasteiger partial charge on any atom is -0.508 e. The number of allylic oxidation sites excluding steroid dienone is 2. The van der Waals surface area contributed by atoms with Crippen molar-refractivity contribution in [1.82, 2.24) is 0 Å². The molecule has 0 radical (unpaired) electrons. The lowest BCUT2D eigenvalue weighted by Gasteiger charge is -2.29. The van der Waals surface area contributed by atoms with Gasteiger partial charge >= 0.3 is 0 Å². The van der Waals surface area contributed by atoms with Gasteiger partial charge in [-0.15, -0.1) is 0 Å². The van der Waals surface area contributed by atoms with Crippen LogP contribution < -0.4 is 0 Å². The maximum Gasteiger partial charge on any atom is 0.121 e. The van der Waals surface area contributed by atoms with Crippen molar-refractivity contribution in [2.75, 3.05) is 19.8 Å². The summed E-state index contributed by atoms with van der Waals surface area (Å²) in [6.45, 7) is 4.51. The Bertz CT molecular complexity index is 612. The van der Waals surface area contributed by atoms with Gasteiger partial charge in [0.1, 0.15) is 18.1 Å². The molecule has 1 N–H and O–H groups in total. The van der Waals surface area contributed by atoms with Crippen LogP contribution in [0.1, 0.15) is 51.0 Å². The van der Waals surface area contributed by atoms with Gasteiger partial charge in [0.15, 0.2) is 0 Å². The van der Waals surface area contributed by atoms with E-state index in [1.54, 1.807) is 0 Å². The van der Waals surface area contributed by atoms with Gasteiger partial charge in [-0.05, 0) is 56.4 Å². The van der Waals surface area contributed by atoms with Crippen LogP contribution in [-0.4, -0.2) is 24.9 Å². The number of rotatable bonds is 8. The summed E-state index contributed by atoms with van der Waals surface area (Å²) in [5.41, 5.74) is 2.38. The molecule has 1 aromatic rings. The SMILES string of the molecule is CCC(CC1CCCOC1)C1=CC(O)=C(CCCc2ccccc2)CO1. The second-order valence-corrected chi connectivity index (χ2v) is 7.59. The highest BCUT2D eigenvalue weighted by molar-refractivity contribution is 5.27. The fourth-order valence-corrected chi connectivity index (χ4v) is 3.99. The normalized spacial score (nSPS) is 21.9. The first-order valence-corrected chi connectivity index (χ1v) is 10.1. The second-order valence-electron chi connectivity index (χ2n) is 7.59. The zero-order valence-corrected chi connectivity index (χ0v) is 16.0. The van der Waals surface area contributed by atoms with E-state index in [-0.39, 0.29) is 0 Å². The number of hydrogen-bond donors (Lipinski definition) is 1. The summed E-state index contributed by atoms with van der Waals surface area (Å²) in [5.74, 6) is 2.39. The summed E-state index contributed by atoms with van der Waals surface area (Å²) in [6.07, 6.45) is 9.38. The molecule has 2 heterocycles. The minimum absolute atomic E-state index is 0.384. The van der Waals surface area contributed by atoms with E-state index in [1.165, 1.54) is 12.0 Å². The van der Waals surface area contributed by atoms with Crippen LogP contribution in [0.2, 0.25) is 0 Å². The van der Waals surface area contributed by atoms with E-state index in [0.29, 0.717) is 24.2 Å². The highest BCUT2D eigenvalue weighted by Gasteiger charge is 2.24. The van der Waals surface area contributed by atoms with E-state index in [4.69, 9.17) is 9.47 Å². The van der Waals surface area contributed by atoms with Gasteiger partial charge < -0.3 is 14.6 Å². The molecule has 0 aromatic heterocycles. The van der Waals surface area contributed by atoms with Crippen LogP contribution in [0.3, 0.4) is 0 Å². The van der Waals surface area contributed by atoms with Crippen molar-refractivity contribution in [1.29, 1.82) is 0 Å². The largest absolute Gasteiger partial charge is 0.508 e. The van der Waals surface area contributed by atoms with Crippen molar-refractivity contribution in [2.24, 2.45) is 11.8 Å². The van der Waals surface area contributed by atoms with Crippen molar-refractivity contribution in [3.8, 4) is 0 Å². The highest BCUT2D eigenvalue weighted by atomic mass is 16.5. The molecule has 0 spiro atoms. The Labute approximate surface area is 157 Å². The molecule has 3 rings (SSSR count). The molecule has 1 saturated heterocycles. The van der Waals surface area contributed by atoms with Crippen molar-refractivity contribution >= 4 is 0 Å². The molecule has 0 bridgehead atoms. The van der Waals surface area contributed by atoms with Gasteiger partial charge in [0.05, 0.1) is 0 Å². The van der Waals surface area contributed by atoms with Crippen LogP contribution in [0, 0.1) is 11.8 Å². The minimum atomic E-state index is 0.384. The van der Waals surface area contributed by atoms with Crippen molar-refractivity contribution in [3.63, 3.8) is 0 Å². The molecule has 2 aliphatic rings. The number of aryl methyl sites for hydroxylation is 1. The summed E-state index contributed by atoms with van der Waals surface area (Å²) < 4.78 is 11.7. The van der Waals surface area contributed by atoms with Gasteiger partial charge in [-0.2, -0.15) is 0 Å². The molecule has 0 aliphatic carbocycles. The van der Waals surface area contributed by atoms with Gasteiger partial charge in [0, 0.05) is 30.8 Å². The molecule has 1 fully saturated rings. The van der Waals surface area contributed by atoms with E-state index in [0.717, 1.165) is 63.1 Å². The first-order valence-electron chi connectivity index (χ1n) is 10.1. The summed E-state index contributed by atoms with van der Waals surface area (Å²) in [5, 5.41) is 10.5. The maximum atomic E-state index is 10.5. The fraction of sp³-hybridized carbons (Fsp3) is 0.565. The van der Waals surface area contributed by atoms with Gasteiger partial charge in [0.25, 0.3) is 0 Å². The van der Waals surface area contributed by atoms with E-state index in [1.807, 2.05) is 12.1 Å². The monoisotopic (exact) mass is 356 g/mol. The Morgan fingerprint density at radius 2 is 2.04 bits per heavy atom. The quantitative estimate of drug-likeness (QED) is 0.661. The van der Waals surface area contributed by atoms with E-state index in [9.17, 15) is 5.11 Å². The number of aliphatic hydroxyl groups excluding tert-OH is 1. The van der Waals surface area contributed by atoms with Gasteiger partial charge in [-0.1, -0.05) is 37.3 Å². The average molecular weight is 357 g/mol. The van der Waals surface area contributed by atoms with Crippen LogP contribution in [-0.2, 0) is 15.9 Å². The van der Waals surface area contributed by atoms with Crippen LogP contribution >= 0.6 is 0 Å². The first kappa shape index (κ1) is 19.0. The van der Waals surface area contributed by atoms with Crippen molar-refractivity contribution in [2.45, 2.75) is 51.9 Å². The lowest BCUT2D eigenvalue weighted by Crippen LogP contribution is -2.22. The lowest BCUT2D eigenvalue weighted by atomic mass is 9.87. The number of ether oxygens (including phenoxy) is 2. The smallest absolute Gasteiger partial charge is 0.121 e. The Morgan fingerprint density at radius 1 is 1.19 bits per heavy atom. The Balaban J connectivity index is 1.54. The zero-order valence-electron chi connectivity index (χ0n) is 16.0. The molecule has 142 valence electrons. The van der Waals surface area contributed by atoms with Gasteiger partial charge in [0.2, 0.25) is 0 Å². The Hall–Kier alpha value is -1.74. The third-order valence-electron chi connectivity index (χ3n) is 5.61. The molecule has 3 heteroatoms. The topological polar surface area (TPSA) is 38.7 Å². The maximum absolute atomic E-state index is 10.5. The van der Waals surface area contributed by atoms with E-state index in [2.05, 4.69) is 31.2 Å². The highest BCUT2D eigenvalue weighted by Crippen LogP contribution is 2.32. The number of hydrogen-bond acceptors (Lipinski definition) is 3. The van der Waals surface area contributed by atoms with Crippen molar-refractivity contribution in [3.05, 3.63) is 59.1 Å². The lowest BCUT2D eigenvalue weighted by molar-refractivity contribution is 0.0421.